The van der Waals surface area contributed by atoms with E-state index >= 15 is 0 Å². The van der Waals surface area contributed by atoms with Gasteiger partial charge in [0.1, 0.15) is 0 Å². The minimum absolute atomic E-state index is 0.0538. The molecule has 1 fully saturated rings. The summed E-state index contributed by atoms with van der Waals surface area (Å²) in [6.07, 6.45) is -4.76. The van der Waals surface area contributed by atoms with E-state index in [2.05, 4.69) is 4.74 Å². The molecule has 0 aliphatic carbocycles. The molecule has 1 heterocycles. The first-order valence-corrected chi connectivity index (χ1v) is 6.56. The van der Waals surface area contributed by atoms with Crippen LogP contribution in [0.3, 0.4) is 0 Å². The van der Waals surface area contributed by atoms with E-state index in [1.165, 1.54) is 0 Å². The van der Waals surface area contributed by atoms with E-state index in [-0.39, 0.29) is 19.1 Å². The largest absolute Gasteiger partial charge is 0.491 e. The topological polar surface area (TPSA) is 44.8 Å². The van der Waals surface area contributed by atoms with Crippen LogP contribution in [0.25, 0.3) is 0 Å². The zero-order valence-corrected chi connectivity index (χ0v) is 11.4. The van der Waals surface area contributed by atoms with Crippen molar-refractivity contribution in [3.63, 3.8) is 0 Å². The normalized spacial score (nSPS) is 22.4. The summed E-state index contributed by atoms with van der Waals surface area (Å²) >= 11 is 0. The van der Waals surface area contributed by atoms with Gasteiger partial charge >= 0.3 is 18.6 Å². The molecule has 1 aliphatic heterocycles. The SMILES string of the molecule is O=C(OC1OCC(c2ccc(CCF)cc2)CO1)C(F)(F)F. The van der Waals surface area contributed by atoms with Gasteiger partial charge < -0.3 is 14.2 Å². The van der Waals surface area contributed by atoms with Crippen molar-refractivity contribution < 1.29 is 36.6 Å². The molecule has 0 N–H and O–H groups in total. The molecule has 22 heavy (non-hydrogen) atoms. The summed E-state index contributed by atoms with van der Waals surface area (Å²) in [5.74, 6) is -2.55. The molecule has 0 atom stereocenters. The quantitative estimate of drug-likeness (QED) is 0.632. The van der Waals surface area contributed by atoms with Gasteiger partial charge in [0.2, 0.25) is 0 Å². The molecule has 0 bridgehead atoms. The van der Waals surface area contributed by atoms with Crippen LogP contribution < -0.4 is 0 Å². The minimum Gasteiger partial charge on any atom is -0.404 e. The summed E-state index contributed by atoms with van der Waals surface area (Å²) in [5, 5.41) is 0. The number of hydrogen-bond acceptors (Lipinski definition) is 4. The molecule has 122 valence electrons. The predicted octanol–water partition coefficient (Wildman–Crippen LogP) is 2.72. The standard InChI is InChI=1S/C14H14F4O4/c15-6-5-9-1-3-10(4-2-9)11-7-20-13(21-8-11)22-12(19)14(16,17)18/h1-4,11,13H,5-8H2. The van der Waals surface area contributed by atoms with Gasteiger partial charge in [-0.25, -0.2) is 4.79 Å². The number of rotatable bonds is 4. The first-order valence-electron chi connectivity index (χ1n) is 6.56. The summed E-state index contributed by atoms with van der Waals surface area (Å²) in [7, 11) is 0. The number of carbonyl (C=O) groups excluding carboxylic acids is 1. The fourth-order valence-corrected chi connectivity index (χ4v) is 1.97. The molecule has 1 aromatic rings. The van der Waals surface area contributed by atoms with Crippen LogP contribution in [-0.4, -0.2) is 38.5 Å². The van der Waals surface area contributed by atoms with Crippen LogP contribution in [0.15, 0.2) is 24.3 Å². The van der Waals surface area contributed by atoms with E-state index < -0.39 is 25.3 Å². The van der Waals surface area contributed by atoms with E-state index in [0.717, 1.165) is 11.1 Å². The van der Waals surface area contributed by atoms with Gasteiger partial charge in [0.15, 0.2) is 0 Å². The van der Waals surface area contributed by atoms with E-state index in [1.807, 2.05) is 0 Å². The molecule has 2 rings (SSSR count). The maximum Gasteiger partial charge on any atom is 0.491 e. The van der Waals surface area contributed by atoms with Crippen molar-refractivity contribution in [2.75, 3.05) is 19.9 Å². The molecule has 0 amide bonds. The predicted molar refractivity (Wildman–Crippen MR) is 66.7 cm³/mol. The van der Waals surface area contributed by atoms with Crippen LogP contribution in [0.4, 0.5) is 17.6 Å². The molecule has 0 saturated carbocycles. The Balaban J connectivity index is 1.85. The lowest BCUT2D eigenvalue weighted by Gasteiger charge is -2.29. The van der Waals surface area contributed by atoms with Crippen molar-refractivity contribution in [1.29, 1.82) is 0 Å². The number of carbonyl (C=O) groups is 1. The smallest absolute Gasteiger partial charge is 0.404 e. The monoisotopic (exact) mass is 322 g/mol. The maximum atomic E-state index is 12.2. The Kier molecular flexibility index (Phi) is 5.36. The molecule has 8 heteroatoms. The second-order valence-electron chi connectivity index (χ2n) is 4.74. The van der Waals surface area contributed by atoms with Gasteiger partial charge in [-0.3, -0.25) is 4.39 Å². The Labute approximate surface area is 124 Å². The van der Waals surface area contributed by atoms with Crippen molar-refractivity contribution in [2.45, 2.75) is 25.0 Å². The lowest BCUT2D eigenvalue weighted by molar-refractivity contribution is -0.314. The van der Waals surface area contributed by atoms with E-state index in [0.29, 0.717) is 6.42 Å². The fraction of sp³-hybridized carbons (Fsp3) is 0.500. The van der Waals surface area contributed by atoms with E-state index in [1.54, 1.807) is 24.3 Å². The highest BCUT2D eigenvalue weighted by Crippen LogP contribution is 2.25. The molecule has 0 aromatic heterocycles. The van der Waals surface area contributed by atoms with Crippen molar-refractivity contribution in [2.24, 2.45) is 0 Å². The van der Waals surface area contributed by atoms with Crippen LogP contribution in [0, 0.1) is 0 Å². The first kappa shape index (κ1) is 16.7. The van der Waals surface area contributed by atoms with Gasteiger partial charge in [0, 0.05) is 12.3 Å². The summed E-state index contributed by atoms with van der Waals surface area (Å²) in [6.45, 7) is -1.99. The Morgan fingerprint density at radius 2 is 1.77 bits per heavy atom. The van der Waals surface area contributed by atoms with Crippen LogP contribution >= 0.6 is 0 Å². The van der Waals surface area contributed by atoms with Gasteiger partial charge in [-0.15, -0.1) is 0 Å². The molecule has 4 nitrogen and oxygen atoms in total. The van der Waals surface area contributed by atoms with Gasteiger partial charge in [-0.2, -0.15) is 13.2 Å². The summed E-state index contributed by atoms with van der Waals surface area (Å²) in [5.41, 5.74) is 1.70. The van der Waals surface area contributed by atoms with E-state index in [9.17, 15) is 22.4 Å². The second kappa shape index (κ2) is 7.06. The molecular weight excluding hydrogens is 308 g/mol. The zero-order chi connectivity index (χ0) is 16.2. The molecule has 0 unspecified atom stereocenters. The lowest BCUT2D eigenvalue weighted by atomic mass is 9.98. The Morgan fingerprint density at radius 3 is 2.27 bits per heavy atom. The van der Waals surface area contributed by atoms with Crippen LogP contribution in [0.1, 0.15) is 17.0 Å². The van der Waals surface area contributed by atoms with Gasteiger partial charge in [0.25, 0.3) is 0 Å². The molecule has 1 aliphatic rings. The van der Waals surface area contributed by atoms with Crippen LogP contribution in [0.2, 0.25) is 0 Å². The average Bonchev–Trinajstić information content (AvgIpc) is 2.48. The Bertz CT molecular complexity index is 493. The van der Waals surface area contributed by atoms with Gasteiger partial charge in [-0.05, 0) is 11.1 Å². The number of halogens is 4. The molecule has 0 radical (unpaired) electrons. The number of benzene rings is 1. The van der Waals surface area contributed by atoms with Crippen molar-refractivity contribution in [1.82, 2.24) is 0 Å². The number of hydrogen-bond donors (Lipinski definition) is 0. The van der Waals surface area contributed by atoms with Gasteiger partial charge in [0.05, 0.1) is 19.9 Å². The average molecular weight is 322 g/mol. The highest BCUT2D eigenvalue weighted by atomic mass is 19.4. The third-order valence-corrected chi connectivity index (χ3v) is 3.14. The highest BCUT2D eigenvalue weighted by molar-refractivity contribution is 5.75. The molecule has 1 saturated heterocycles. The third kappa shape index (κ3) is 4.41. The maximum absolute atomic E-state index is 12.2. The lowest BCUT2D eigenvalue weighted by Crippen LogP contribution is -2.38. The second-order valence-corrected chi connectivity index (χ2v) is 4.74. The molecule has 1 aromatic carbocycles. The van der Waals surface area contributed by atoms with Gasteiger partial charge in [-0.1, -0.05) is 24.3 Å². The number of esters is 1. The zero-order valence-electron chi connectivity index (χ0n) is 11.4. The number of aryl methyl sites for hydroxylation is 1. The van der Waals surface area contributed by atoms with Crippen molar-refractivity contribution in [3.05, 3.63) is 35.4 Å². The highest BCUT2D eigenvalue weighted by Gasteiger charge is 2.43. The number of alkyl halides is 4. The molecule has 0 spiro atoms. The van der Waals surface area contributed by atoms with Crippen molar-refractivity contribution in [3.8, 4) is 0 Å². The minimum atomic E-state index is -5.09. The molecular formula is C14H14F4O4. The van der Waals surface area contributed by atoms with Crippen molar-refractivity contribution >= 4 is 5.97 Å². The summed E-state index contributed by atoms with van der Waals surface area (Å²) in [6, 6.07) is 7.10. The summed E-state index contributed by atoms with van der Waals surface area (Å²) < 4.78 is 62.3. The Morgan fingerprint density at radius 1 is 1.18 bits per heavy atom. The summed E-state index contributed by atoms with van der Waals surface area (Å²) in [4.78, 5) is 10.6. The van der Waals surface area contributed by atoms with Crippen LogP contribution in [0.5, 0.6) is 0 Å². The van der Waals surface area contributed by atoms with Crippen LogP contribution in [-0.2, 0) is 25.4 Å². The third-order valence-electron chi connectivity index (χ3n) is 3.14. The number of ether oxygens (including phenoxy) is 3. The first-order chi connectivity index (χ1) is 10.4. The van der Waals surface area contributed by atoms with E-state index in [4.69, 9.17) is 9.47 Å². The fourth-order valence-electron chi connectivity index (χ4n) is 1.97. The Hall–Kier alpha value is -1.67.